The van der Waals surface area contributed by atoms with E-state index in [2.05, 4.69) is 15.2 Å². The van der Waals surface area contributed by atoms with Gasteiger partial charge in [0.2, 0.25) is 5.91 Å². The molecule has 9 heteroatoms. The van der Waals surface area contributed by atoms with Gasteiger partial charge in [-0.1, -0.05) is 0 Å². The fraction of sp³-hybridized carbons (Fsp3) is 0.889. The number of aliphatic imine (C=N–C) groups is 1. The Balaban J connectivity index is 1.69. The van der Waals surface area contributed by atoms with Crippen molar-refractivity contribution in [1.82, 2.24) is 15.1 Å². The van der Waals surface area contributed by atoms with Gasteiger partial charge in [-0.2, -0.15) is 13.2 Å². The molecular formula is C18H32F3N5O. The van der Waals surface area contributed by atoms with Crippen LogP contribution in [0.4, 0.5) is 13.2 Å². The molecule has 6 nitrogen and oxygen atoms in total. The number of hydrogen-bond acceptors (Lipinski definition) is 3. The summed E-state index contributed by atoms with van der Waals surface area (Å²) in [5, 5.41) is 3.38. The van der Waals surface area contributed by atoms with Gasteiger partial charge in [-0.3, -0.25) is 14.7 Å². The number of guanidine groups is 1. The van der Waals surface area contributed by atoms with Gasteiger partial charge in [0, 0.05) is 33.1 Å². The van der Waals surface area contributed by atoms with Crippen molar-refractivity contribution >= 4 is 11.9 Å². The van der Waals surface area contributed by atoms with Crippen molar-refractivity contribution in [2.45, 2.75) is 44.7 Å². The maximum absolute atomic E-state index is 12.4. The zero-order chi connectivity index (χ0) is 19.9. The van der Waals surface area contributed by atoms with Gasteiger partial charge >= 0.3 is 6.18 Å². The maximum atomic E-state index is 12.4. The fourth-order valence-corrected chi connectivity index (χ4v) is 4.12. The normalized spacial score (nSPS) is 23.5. The molecule has 0 bridgehead atoms. The van der Waals surface area contributed by atoms with Crippen molar-refractivity contribution in [2.24, 2.45) is 22.6 Å². The van der Waals surface area contributed by atoms with E-state index < -0.39 is 12.7 Å². The molecular weight excluding hydrogens is 359 g/mol. The number of primary amides is 1. The Morgan fingerprint density at radius 1 is 1.19 bits per heavy atom. The average molecular weight is 391 g/mol. The largest absolute Gasteiger partial charge is 0.401 e. The molecule has 0 saturated carbocycles. The summed E-state index contributed by atoms with van der Waals surface area (Å²) in [5.41, 5.74) is 5.31. The quantitative estimate of drug-likeness (QED) is 0.535. The van der Waals surface area contributed by atoms with Crippen LogP contribution >= 0.6 is 0 Å². The fourth-order valence-electron chi connectivity index (χ4n) is 4.12. The highest BCUT2D eigenvalue weighted by molar-refractivity contribution is 5.80. The molecule has 0 spiro atoms. The summed E-state index contributed by atoms with van der Waals surface area (Å²) in [6, 6.07) is 0. The minimum Gasteiger partial charge on any atom is -0.370 e. The van der Waals surface area contributed by atoms with Gasteiger partial charge in [0.05, 0.1) is 6.54 Å². The zero-order valence-corrected chi connectivity index (χ0v) is 16.1. The highest BCUT2D eigenvalue weighted by Gasteiger charge is 2.32. The molecule has 3 N–H and O–H groups in total. The van der Waals surface area contributed by atoms with Crippen LogP contribution in [0.25, 0.3) is 0 Å². The molecule has 2 heterocycles. The van der Waals surface area contributed by atoms with Crippen molar-refractivity contribution in [3.63, 3.8) is 0 Å². The van der Waals surface area contributed by atoms with Crippen molar-refractivity contribution in [3.05, 3.63) is 0 Å². The minimum atomic E-state index is -4.11. The monoisotopic (exact) mass is 391 g/mol. The third-order valence-corrected chi connectivity index (χ3v) is 5.47. The van der Waals surface area contributed by atoms with Crippen molar-refractivity contribution in [1.29, 1.82) is 0 Å². The lowest BCUT2D eigenvalue weighted by molar-refractivity contribution is -0.148. The van der Waals surface area contributed by atoms with E-state index in [4.69, 9.17) is 5.73 Å². The lowest BCUT2D eigenvalue weighted by atomic mass is 9.93. The number of alkyl halides is 3. The van der Waals surface area contributed by atoms with Gasteiger partial charge in [0.25, 0.3) is 0 Å². The van der Waals surface area contributed by atoms with Crippen LogP contribution in [0.15, 0.2) is 4.99 Å². The van der Waals surface area contributed by atoms with Gasteiger partial charge < -0.3 is 16.0 Å². The summed E-state index contributed by atoms with van der Waals surface area (Å²) in [5.74, 6) is 1.29. The molecule has 1 amide bonds. The first kappa shape index (κ1) is 21.8. The Kier molecular flexibility index (Phi) is 8.19. The summed E-state index contributed by atoms with van der Waals surface area (Å²) in [4.78, 5) is 19.2. The number of nitrogens with two attached hydrogens (primary N) is 1. The molecule has 2 saturated heterocycles. The number of amides is 1. The standard InChI is InChI=1S/C18H32F3N5O/c1-23-17(26-8-2-3-15(12-26)11-16(22)27)24-7-4-14-5-9-25(10-6-14)13-18(19,20)21/h14-15H,2-13H2,1H3,(H2,22,27)(H,23,24). The SMILES string of the molecule is CN=C(NCCC1CCN(CC(F)(F)F)CC1)N1CCCC(CC(N)=O)C1. The van der Waals surface area contributed by atoms with Crippen molar-refractivity contribution in [2.75, 3.05) is 46.3 Å². The first-order chi connectivity index (χ1) is 12.8. The minimum absolute atomic E-state index is 0.262. The summed E-state index contributed by atoms with van der Waals surface area (Å²) >= 11 is 0. The van der Waals surface area contributed by atoms with E-state index in [-0.39, 0.29) is 11.8 Å². The third-order valence-electron chi connectivity index (χ3n) is 5.47. The van der Waals surface area contributed by atoms with E-state index in [1.807, 2.05) is 0 Å². The molecule has 0 radical (unpaired) electrons. The Hall–Kier alpha value is -1.51. The third kappa shape index (κ3) is 7.94. The van der Waals surface area contributed by atoms with Gasteiger partial charge in [-0.25, -0.2) is 0 Å². The predicted molar refractivity (Wildman–Crippen MR) is 99.3 cm³/mol. The molecule has 1 unspecified atom stereocenters. The number of nitrogens with one attached hydrogen (secondary N) is 1. The summed E-state index contributed by atoms with van der Waals surface area (Å²) in [7, 11) is 1.75. The molecule has 0 aromatic carbocycles. The second-order valence-electron chi connectivity index (χ2n) is 7.72. The molecule has 2 aliphatic rings. The van der Waals surface area contributed by atoms with Crippen LogP contribution in [-0.4, -0.2) is 74.2 Å². The number of nitrogens with zero attached hydrogens (tertiary/aromatic N) is 3. The molecule has 1 atom stereocenters. The first-order valence-electron chi connectivity index (χ1n) is 9.80. The molecule has 156 valence electrons. The molecule has 2 aliphatic heterocycles. The first-order valence-corrected chi connectivity index (χ1v) is 9.80. The number of rotatable bonds is 6. The predicted octanol–water partition coefficient (Wildman–Crippen LogP) is 1.81. The smallest absolute Gasteiger partial charge is 0.370 e. The molecule has 2 fully saturated rings. The van der Waals surface area contributed by atoms with E-state index in [0.717, 1.165) is 57.7 Å². The Bertz CT molecular complexity index is 504. The van der Waals surface area contributed by atoms with Gasteiger partial charge in [-0.05, 0) is 57.0 Å². The molecule has 0 aromatic rings. The van der Waals surface area contributed by atoms with Crippen LogP contribution in [0.2, 0.25) is 0 Å². The van der Waals surface area contributed by atoms with Crippen LogP contribution in [0, 0.1) is 11.8 Å². The van der Waals surface area contributed by atoms with Crippen LogP contribution in [0.1, 0.15) is 38.5 Å². The Labute approximate surface area is 159 Å². The van der Waals surface area contributed by atoms with Crippen LogP contribution in [0.3, 0.4) is 0 Å². The van der Waals surface area contributed by atoms with E-state index >= 15 is 0 Å². The van der Waals surface area contributed by atoms with Crippen LogP contribution in [0.5, 0.6) is 0 Å². The van der Waals surface area contributed by atoms with Gasteiger partial charge in [0.1, 0.15) is 0 Å². The summed E-state index contributed by atoms with van der Waals surface area (Å²) in [6.45, 7) is 2.67. The lowest BCUT2D eigenvalue weighted by Gasteiger charge is -2.35. The lowest BCUT2D eigenvalue weighted by Crippen LogP contribution is -2.47. The highest BCUT2D eigenvalue weighted by atomic mass is 19.4. The second-order valence-corrected chi connectivity index (χ2v) is 7.72. The van der Waals surface area contributed by atoms with E-state index in [1.165, 1.54) is 4.90 Å². The zero-order valence-electron chi connectivity index (χ0n) is 16.1. The van der Waals surface area contributed by atoms with Gasteiger partial charge in [0.15, 0.2) is 5.96 Å². The average Bonchev–Trinajstić information content (AvgIpc) is 2.58. The molecule has 27 heavy (non-hydrogen) atoms. The summed E-state index contributed by atoms with van der Waals surface area (Å²) in [6.07, 6.45) is 0.855. The van der Waals surface area contributed by atoms with Crippen molar-refractivity contribution in [3.8, 4) is 0 Å². The maximum Gasteiger partial charge on any atom is 0.401 e. The molecule has 0 aromatic heterocycles. The number of carbonyl (C=O) groups is 1. The highest BCUT2D eigenvalue weighted by Crippen LogP contribution is 2.24. The second kappa shape index (κ2) is 10.1. The Morgan fingerprint density at radius 3 is 2.48 bits per heavy atom. The molecule has 0 aliphatic carbocycles. The number of carbonyl (C=O) groups excluding carboxylic acids is 1. The van der Waals surface area contributed by atoms with Crippen LogP contribution in [-0.2, 0) is 4.79 Å². The van der Waals surface area contributed by atoms with Crippen molar-refractivity contribution < 1.29 is 18.0 Å². The number of piperidine rings is 2. The summed E-state index contributed by atoms with van der Waals surface area (Å²) < 4.78 is 37.3. The van der Waals surface area contributed by atoms with E-state index in [1.54, 1.807) is 7.05 Å². The number of halogens is 3. The van der Waals surface area contributed by atoms with Gasteiger partial charge in [-0.15, -0.1) is 0 Å². The van der Waals surface area contributed by atoms with E-state index in [9.17, 15) is 18.0 Å². The van der Waals surface area contributed by atoms with E-state index in [0.29, 0.717) is 25.4 Å². The Morgan fingerprint density at radius 2 is 1.89 bits per heavy atom. The number of hydrogen-bond donors (Lipinski definition) is 2. The van der Waals surface area contributed by atoms with Crippen LogP contribution < -0.4 is 11.1 Å². The topological polar surface area (TPSA) is 74.0 Å². The molecule has 2 rings (SSSR count). The number of likely N-dealkylation sites (tertiary alicyclic amines) is 2.